The molecule has 0 aliphatic carbocycles. The number of aryl methyl sites for hydroxylation is 1. The van der Waals surface area contributed by atoms with Gasteiger partial charge < -0.3 is 9.64 Å². The number of esters is 1. The predicted molar refractivity (Wildman–Crippen MR) is 69.7 cm³/mol. The molecule has 4 nitrogen and oxygen atoms in total. The van der Waals surface area contributed by atoms with Gasteiger partial charge in [0.2, 0.25) is 5.91 Å². The third-order valence-electron chi connectivity index (χ3n) is 3.17. The highest BCUT2D eigenvalue weighted by Gasteiger charge is 2.29. The molecule has 0 saturated carbocycles. The van der Waals surface area contributed by atoms with Crippen LogP contribution in [0.15, 0.2) is 11.4 Å². The first-order valence-corrected chi connectivity index (χ1v) is 6.98. The average molecular weight is 267 g/mol. The van der Waals surface area contributed by atoms with Gasteiger partial charge in [0.15, 0.2) is 0 Å². The Bertz CT molecular complexity index is 455. The van der Waals surface area contributed by atoms with E-state index >= 15 is 0 Å². The molecule has 0 radical (unpaired) electrons. The summed E-state index contributed by atoms with van der Waals surface area (Å²) in [6.07, 6.45) is 0.491. The summed E-state index contributed by atoms with van der Waals surface area (Å²) in [5.74, 6) is 0.0254. The van der Waals surface area contributed by atoms with Crippen LogP contribution in [0.1, 0.15) is 28.6 Å². The molecule has 98 valence electrons. The van der Waals surface area contributed by atoms with Crippen molar-refractivity contribution >= 4 is 23.2 Å². The molecule has 0 spiro atoms. The standard InChI is InChI=1S/C13H17NO3S/c1-3-14-7-10(6-11(14)15)8-17-13(16)12-9(2)4-5-18-12/h4-5,10H,3,6-8H2,1-2H3. The minimum absolute atomic E-state index is 0.140. The lowest BCUT2D eigenvalue weighted by molar-refractivity contribution is -0.127. The maximum atomic E-state index is 11.8. The van der Waals surface area contributed by atoms with E-state index in [-0.39, 0.29) is 17.8 Å². The van der Waals surface area contributed by atoms with Gasteiger partial charge in [0, 0.05) is 25.4 Å². The minimum atomic E-state index is -0.273. The van der Waals surface area contributed by atoms with E-state index in [0.717, 1.165) is 12.1 Å². The zero-order valence-corrected chi connectivity index (χ0v) is 11.5. The second-order valence-electron chi connectivity index (χ2n) is 4.53. The van der Waals surface area contributed by atoms with Gasteiger partial charge in [-0.3, -0.25) is 4.79 Å². The van der Waals surface area contributed by atoms with Crippen molar-refractivity contribution in [2.45, 2.75) is 20.3 Å². The van der Waals surface area contributed by atoms with E-state index in [2.05, 4.69) is 0 Å². The van der Waals surface area contributed by atoms with Gasteiger partial charge in [-0.2, -0.15) is 0 Å². The van der Waals surface area contributed by atoms with Gasteiger partial charge in [-0.15, -0.1) is 11.3 Å². The number of nitrogens with zero attached hydrogens (tertiary/aromatic N) is 1. The number of rotatable bonds is 4. The van der Waals surface area contributed by atoms with Crippen LogP contribution in [0.25, 0.3) is 0 Å². The van der Waals surface area contributed by atoms with Crippen molar-refractivity contribution in [3.8, 4) is 0 Å². The quantitative estimate of drug-likeness (QED) is 0.785. The van der Waals surface area contributed by atoms with Crippen molar-refractivity contribution in [2.75, 3.05) is 19.7 Å². The average Bonchev–Trinajstić information content (AvgIpc) is 2.92. The highest BCUT2D eigenvalue weighted by Crippen LogP contribution is 2.20. The van der Waals surface area contributed by atoms with E-state index in [1.165, 1.54) is 11.3 Å². The molecule has 1 unspecified atom stereocenters. The summed E-state index contributed by atoms with van der Waals surface area (Å²) in [6, 6.07) is 1.90. The molecule has 0 bridgehead atoms. The third kappa shape index (κ3) is 2.72. The van der Waals surface area contributed by atoms with E-state index in [0.29, 0.717) is 24.4 Å². The Balaban J connectivity index is 1.84. The smallest absolute Gasteiger partial charge is 0.348 e. The SMILES string of the molecule is CCN1CC(COC(=O)c2sccc2C)CC1=O. The zero-order valence-electron chi connectivity index (χ0n) is 10.6. The number of carbonyl (C=O) groups is 2. The highest BCUT2D eigenvalue weighted by molar-refractivity contribution is 7.12. The molecule has 1 aromatic rings. The molecule has 18 heavy (non-hydrogen) atoms. The predicted octanol–water partition coefficient (Wildman–Crippen LogP) is 2.08. The van der Waals surface area contributed by atoms with Crippen LogP contribution in [-0.2, 0) is 9.53 Å². The molecular formula is C13H17NO3S. The Morgan fingerprint density at radius 3 is 2.94 bits per heavy atom. The van der Waals surface area contributed by atoms with Crippen molar-refractivity contribution in [1.82, 2.24) is 4.90 Å². The van der Waals surface area contributed by atoms with Crippen molar-refractivity contribution in [1.29, 1.82) is 0 Å². The molecule has 1 aromatic heterocycles. The number of carbonyl (C=O) groups excluding carboxylic acids is 2. The van der Waals surface area contributed by atoms with Crippen LogP contribution >= 0.6 is 11.3 Å². The summed E-state index contributed by atoms with van der Waals surface area (Å²) in [4.78, 5) is 25.8. The third-order valence-corrected chi connectivity index (χ3v) is 4.17. The van der Waals surface area contributed by atoms with Gasteiger partial charge in [-0.1, -0.05) is 0 Å². The van der Waals surface area contributed by atoms with Gasteiger partial charge in [0.1, 0.15) is 4.88 Å². The molecular weight excluding hydrogens is 250 g/mol. The molecule has 1 aliphatic heterocycles. The maximum Gasteiger partial charge on any atom is 0.348 e. The van der Waals surface area contributed by atoms with E-state index < -0.39 is 0 Å². The van der Waals surface area contributed by atoms with Gasteiger partial charge >= 0.3 is 5.97 Å². The highest BCUT2D eigenvalue weighted by atomic mass is 32.1. The molecule has 1 amide bonds. The summed E-state index contributed by atoms with van der Waals surface area (Å²) in [6.45, 7) is 5.62. The van der Waals surface area contributed by atoms with E-state index in [1.807, 2.05) is 25.3 Å². The van der Waals surface area contributed by atoms with Gasteiger partial charge in [-0.05, 0) is 30.9 Å². The molecule has 5 heteroatoms. The Hall–Kier alpha value is -1.36. The van der Waals surface area contributed by atoms with Crippen LogP contribution in [0.3, 0.4) is 0 Å². The molecule has 2 heterocycles. The van der Waals surface area contributed by atoms with Gasteiger partial charge in [-0.25, -0.2) is 4.79 Å². The van der Waals surface area contributed by atoms with Crippen molar-refractivity contribution < 1.29 is 14.3 Å². The Labute approximate surface area is 111 Å². The molecule has 1 aliphatic rings. The fraction of sp³-hybridized carbons (Fsp3) is 0.538. The Kier molecular flexibility index (Phi) is 4.01. The summed E-state index contributed by atoms with van der Waals surface area (Å²) in [7, 11) is 0. The molecule has 1 atom stereocenters. The first-order chi connectivity index (χ1) is 8.61. The zero-order chi connectivity index (χ0) is 13.1. The van der Waals surface area contributed by atoms with Gasteiger partial charge in [0.05, 0.1) is 6.61 Å². The number of hydrogen-bond acceptors (Lipinski definition) is 4. The lowest BCUT2D eigenvalue weighted by atomic mass is 10.1. The fourth-order valence-corrected chi connectivity index (χ4v) is 2.93. The summed E-state index contributed by atoms with van der Waals surface area (Å²) >= 11 is 1.39. The molecule has 2 rings (SSSR count). The van der Waals surface area contributed by atoms with Crippen LogP contribution in [0.2, 0.25) is 0 Å². The van der Waals surface area contributed by atoms with Crippen molar-refractivity contribution in [2.24, 2.45) is 5.92 Å². The van der Waals surface area contributed by atoms with Crippen LogP contribution in [-0.4, -0.2) is 36.5 Å². The number of likely N-dealkylation sites (tertiary alicyclic amines) is 1. The second-order valence-corrected chi connectivity index (χ2v) is 5.45. The van der Waals surface area contributed by atoms with Gasteiger partial charge in [0.25, 0.3) is 0 Å². The van der Waals surface area contributed by atoms with Crippen molar-refractivity contribution in [3.05, 3.63) is 21.9 Å². The van der Waals surface area contributed by atoms with E-state index in [1.54, 1.807) is 4.90 Å². The van der Waals surface area contributed by atoms with Crippen LogP contribution < -0.4 is 0 Å². The normalized spacial score (nSPS) is 19.3. The lowest BCUT2D eigenvalue weighted by Gasteiger charge is -2.13. The molecule has 1 saturated heterocycles. The summed E-state index contributed by atoms with van der Waals surface area (Å²) in [5.41, 5.74) is 0.947. The fourth-order valence-electron chi connectivity index (χ4n) is 2.11. The van der Waals surface area contributed by atoms with Crippen molar-refractivity contribution in [3.63, 3.8) is 0 Å². The first kappa shape index (κ1) is 13.1. The Morgan fingerprint density at radius 2 is 2.39 bits per heavy atom. The lowest BCUT2D eigenvalue weighted by Crippen LogP contribution is -2.25. The topological polar surface area (TPSA) is 46.6 Å². The van der Waals surface area contributed by atoms with Crippen LogP contribution in [0, 0.1) is 12.8 Å². The Morgan fingerprint density at radius 1 is 1.61 bits per heavy atom. The maximum absolute atomic E-state index is 11.8. The van der Waals surface area contributed by atoms with Crippen LogP contribution in [0.4, 0.5) is 0 Å². The number of hydrogen-bond donors (Lipinski definition) is 0. The second kappa shape index (κ2) is 5.52. The summed E-state index contributed by atoms with van der Waals surface area (Å²) in [5, 5.41) is 1.88. The molecule has 1 fully saturated rings. The number of ether oxygens (including phenoxy) is 1. The monoisotopic (exact) mass is 267 g/mol. The number of thiophene rings is 1. The first-order valence-electron chi connectivity index (χ1n) is 6.10. The van der Waals surface area contributed by atoms with Crippen LogP contribution in [0.5, 0.6) is 0 Å². The molecule has 0 aromatic carbocycles. The van der Waals surface area contributed by atoms with E-state index in [4.69, 9.17) is 4.74 Å². The van der Waals surface area contributed by atoms with E-state index in [9.17, 15) is 9.59 Å². The summed E-state index contributed by atoms with van der Waals surface area (Å²) < 4.78 is 5.28. The molecule has 0 N–H and O–H groups in total. The largest absolute Gasteiger partial charge is 0.461 e. The number of amides is 1. The minimum Gasteiger partial charge on any atom is -0.461 e.